The van der Waals surface area contributed by atoms with E-state index in [-0.39, 0.29) is 5.91 Å². The second-order valence-electron chi connectivity index (χ2n) is 5.40. The van der Waals surface area contributed by atoms with Gasteiger partial charge in [0.1, 0.15) is 0 Å². The summed E-state index contributed by atoms with van der Waals surface area (Å²) in [5.74, 6) is 1.10. The van der Waals surface area contributed by atoms with Crippen LogP contribution >= 0.6 is 11.3 Å². The third-order valence-electron chi connectivity index (χ3n) is 3.33. The smallest absolute Gasteiger partial charge is 0.220 e. The molecule has 1 aromatic heterocycles. The summed E-state index contributed by atoms with van der Waals surface area (Å²) in [6.45, 7) is 5.00. The number of rotatable bonds is 6. The Hall–Kier alpha value is -1.16. The summed E-state index contributed by atoms with van der Waals surface area (Å²) in [5, 5.41) is 6.26. The number of nitrogens with one attached hydrogen (secondary N) is 1. The molecule has 1 aliphatic rings. The van der Waals surface area contributed by atoms with Crippen LogP contribution in [-0.2, 0) is 11.2 Å². The highest BCUT2D eigenvalue weighted by molar-refractivity contribution is 7.09. The van der Waals surface area contributed by atoms with Crippen molar-refractivity contribution in [1.29, 1.82) is 0 Å². The van der Waals surface area contributed by atoms with Gasteiger partial charge in [0.05, 0.1) is 10.7 Å². The van der Waals surface area contributed by atoms with Crippen molar-refractivity contribution >= 4 is 17.2 Å². The van der Waals surface area contributed by atoms with Gasteiger partial charge in [-0.2, -0.15) is 0 Å². The number of amides is 1. The van der Waals surface area contributed by atoms with Crippen molar-refractivity contribution in [2.75, 3.05) is 6.54 Å². The maximum Gasteiger partial charge on any atom is 0.220 e. The predicted molar refractivity (Wildman–Crippen MR) is 79.4 cm³/mol. The zero-order valence-corrected chi connectivity index (χ0v) is 12.5. The molecule has 0 fully saturated rings. The van der Waals surface area contributed by atoms with E-state index in [1.165, 1.54) is 5.01 Å². The molecule has 1 heterocycles. The summed E-state index contributed by atoms with van der Waals surface area (Å²) < 4.78 is 0. The van der Waals surface area contributed by atoms with Crippen molar-refractivity contribution in [3.8, 4) is 0 Å². The second kappa shape index (κ2) is 6.85. The topological polar surface area (TPSA) is 42.0 Å². The highest BCUT2D eigenvalue weighted by atomic mass is 32.1. The van der Waals surface area contributed by atoms with Crippen LogP contribution in [0.3, 0.4) is 0 Å². The molecule has 4 heteroatoms. The summed E-state index contributed by atoms with van der Waals surface area (Å²) in [6.07, 6.45) is 8.03. The van der Waals surface area contributed by atoms with Gasteiger partial charge >= 0.3 is 0 Å². The quantitative estimate of drug-likeness (QED) is 0.811. The molecule has 0 bridgehead atoms. The Morgan fingerprint density at radius 1 is 1.58 bits per heavy atom. The molecule has 1 amide bonds. The molecular weight excluding hydrogens is 256 g/mol. The van der Waals surface area contributed by atoms with Crippen LogP contribution in [-0.4, -0.2) is 17.4 Å². The summed E-state index contributed by atoms with van der Waals surface area (Å²) >= 11 is 1.71. The first-order valence-electron chi connectivity index (χ1n) is 7.03. The van der Waals surface area contributed by atoms with Crippen LogP contribution < -0.4 is 5.32 Å². The third kappa shape index (κ3) is 4.46. The Morgan fingerprint density at radius 3 is 3.05 bits per heavy atom. The fourth-order valence-corrected chi connectivity index (χ4v) is 3.08. The van der Waals surface area contributed by atoms with E-state index in [0.29, 0.717) is 24.8 Å². The first kappa shape index (κ1) is 14.3. The van der Waals surface area contributed by atoms with E-state index in [4.69, 9.17) is 0 Å². The summed E-state index contributed by atoms with van der Waals surface area (Å²) in [7, 11) is 0. The lowest BCUT2D eigenvalue weighted by molar-refractivity contribution is -0.121. The van der Waals surface area contributed by atoms with Crippen molar-refractivity contribution in [3.05, 3.63) is 28.2 Å². The largest absolute Gasteiger partial charge is 0.356 e. The molecule has 1 atom stereocenters. The number of nitrogens with zero attached hydrogens (tertiary/aromatic N) is 1. The van der Waals surface area contributed by atoms with E-state index >= 15 is 0 Å². The van der Waals surface area contributed by atoms with Gasteiger partial charge in [-0.15, -0.1) is 11.3 Å². The average Bonchev–Trinajstić information content (AvgIpc) is 3.00. The van der Waals surface area contributed by atoms with E-state index in [1.807, 2.05) is 0 Å². The van der Waals surface area contributed by atoms with E-state index in [1.54, 1.807) is 11.3 Å². The van der Waals surface area contributed by atoms with Gasteiger partial charge in [0.15, 0.2) is 0 Å². The molecule has 0 aromatic carbocycles. The van der Waals surface area contributed by atoms with Gasteiger partial charge in [-0.1, -0.05) is 26.0 Å². The molecule has 1 N–H and O–H groups in total. The lowest BCUT2D eigenvalue weighted by atomic mass is 10.1. The number of thiazole rings is 1. The Bertz CT molecular complexity index is 451. The summed E-state index contributed by atoms with van der Waals surface area (Å²) in [6, 6.07) is 0. The number of hydrogen-bond acceptors (Lipinski definition) is 3. The van der Waals surface area contributed by atoms with Crippen LogP contribution in [0.1, 0.15) is 49.7 Å². The third-order valence-corrected chi connectivity index (χ3v) is 4.52. The van der Waals surface area contributed by atoms with Gasteiger partial charge in [0.25, 0.3) is 0 Å². The molecule has 0 aliphatic heterocycles. The van der Waals surface area contributed by atoms with E-state index < -0.39 is 0 Å². The zero-order valence-electron chi connectivity index (χ0n) is 11.7. The second-order valence-corrected chi connectivity index (χ2v) is 6.29. The average molecular weight is 278 g/mol. The lowest BCUT2D eigenvalue weighted by Crippen LogP contribution is -2.27. The van der Waals surface area contributed by atoms with Crippen LogP contribution in [0.5, 0.6) is 0 Å². The lowest BCUT2D eigenvalue weighted by Gasteiger charge is -2.07. The highest BCUT2D eigenvalue weighted by Crippen LogP contribution is 2.20. The minimum atomic E-state index is 0.163. The van der Waals surface area contributed by atoms with Crippen molar-refractivity contribution < 1.29 is 4.79 Å². The zero-order chi connectivity index (χ0) is 13.7. The predicted octanol–water partition coefficient (Wildman–Crippen LogP) is 3.28. The fraction of sp³-hybridized carbons (Fsp3) is 0.600. The van der Waals surface area contributed by atoms with Crippen LogP contribution in [0.2, 0.25) is 0 Å². The Kier molecular flexibility index (Phi) is 5.14. The Labute approximate surface area is 119 Å². The molecule has 2 rings (SSSR count). The minimum absolute atomic E-state index is 0.163. The highest BCUT2D eigenvalue weighted by Gasteiger charge is 2.13. The number of carbonyl (C=O) groups excluding carboxylic acids is 1. The number of aromatic nitrogens is 1. The van der Waals surface area contributed by atoms with Crippen molar-refractivity contribution in [2.24, 2.45) is 5.92 Å². The van der Waals surface area contributed by atoms with Crippen LogP contribution in [0.25, 0.3) is 0 Å². The monoisotopic (exact) mass is 278 g/mol. The number of carbonyl (C=O) groups is 1. The van der Waals surface area contributed by atoms with Gasteiger partial charge in [-0.3, -0.25) is 4.79 Å². The molecule has 0 spiro atoms. The molecule has 19 heavy (non-hydrogen) atoms. The molecule has 0 unspecified atom stereocenters. The van der Waals surface area contributed by atoms with Crippen molar-refractivity contribution in [1.82, 2.24) is 10.3 Å². The van der Waals surface area contributed by atoms with E-state index in [9.17, 15) is 4.79 Å². The number of hydrogen-bond donors (Lipinski definition) is 1. The molecule has 104 valence electrons. The molecule has 1 aromatic rings. The van der Waals surface area contributed by atoms with Gasteiger partial charge in [0, 0.05) is 30.7 Å². The molecule has 0 radical (unpaired) electrons. The molecule has 0 saturated heterocycles. The van der Waals surface area contributed by atoms with Gasteiger partial charge in [-0.05, 0) is 18.8 Å². The maximum atomic E-state index is 11.7. The van der Waals surface area contributed by atoms with Crippen LogP contribution in [0, 0.1) is 5.92 Å². The SMILES string of the molecule is CC(C)c1nc(CCNC(=O)C[C@H]2C=CCC2)cs1. The first-order chi connectivity index (χ1) is 9.15. The molecule has 3 nitrogen and oxygen atoms in total. The minimum Gasteiger partial charge on any atom is -0.356 e. The van der Waals surface area contributed by atoms with Gasteiger partial charge in [-0.25, -0.2) is 4.98 Å². The van der Waals surface area contributed by atoms with Gasteiger partial charge < -0.3 is 5.32 Å². The number of allylic oxidation sites excluding steroid dienone is 2. The van der Waals surface area contributed by atoms with Crippen molar-refractivity contribution in [3.63, 3.8) is 0 Å². The van der Waals surface area contributed by atoms with Crippen molar-refractivity contribution in [2.45, 2.75) is 45.4 Å². The molecule has 1 aliphatic carbocycles. The molecule has 0 saturated carbocycles. The Balaban J connectivity index is 1.67. The van der Waals surface area contributed by atoms with Gasteiger partial charge in [0.2, 0.25) is 5.91 Å². The van der Waals surface area contributed by atoms with Crippen LogP contribution in [0.15, 0.2) is 17.5 Å². The Morgan fingerprint density at radius 2 is 2.42 bits per heavy atom. The molecular formula is C15H22N2OS. The van der Waals surface area contributed by atoms with E-state index in [2.05, 4.69) is 41.7 Å². The standard InChI is InChI=1S/C15H22N2OS/c1-11(2)15-17-13(10-19-15)7-8-16-14(18)9-12-5-3-4-6-12/h3,5,10-12H,4,6-9H2,1-2H3,(H,16,18)/t12-/m0/s1. The maximum absolute atomic E-state index is 11.7. The fourth-order valence-electron chi connectivity index (χ4n) is 2.21. The van der Waals surface area contributed by atoms with E-state index in [0.717, 1.165) is 25.0 Å². The summed E-state index contributed by atoms with van der Waals surface area (Å²) in [5.41, 5.74) is 1.09. The van der Waals surface area contributed by atoms with Crippen LogP contribution in [0.4, 0.5) is 0 Å². The summed E-state index contributed by atoms with van der Waals surface area (Å²) in [4.78, 5) is 16.3. The normalized spacial score (nSPS) is 18.2. The first-order valence-corrected chi connectivity index (χ1v) is 7.90.